The van der Waals surface area contributed by atoms with Gasteiger partial charge in [-0.15, -0.1) is 0 Å². The zero-order chi connectivity index (χ0) is 16.1. The lowest BCUT2D eigenvalue weighted by molar-refractivity contribution is 0.189. The fourth-order valence-corrected chi connectivity index (χ4v) is 3.40. The van der Waals surface area contributed by atoms with Crippen LogP contribution in [0.15, 0.2) is 59.1 Å². The number of nitrogens with one attached hydrogen (secondary N) is 1. The van der Waals surface area contributed by atoms with Crippen molar-refractivity contribution in [3.63, 3.8) is 0 Å². The molecule has 4 heteroatoms. The maximum atomic E-state index is 9.72. The summed E-state index contributed by atoms with van der Waals surface area (Å²) in [6.07, 6.45) is 1.66. The standard InChI is InChI=1S/C19H20BrN3/c20-17-8-4-5-9-18(17)22-19(15-21)10-12-23(13-11-19)14-16-6-2-1-3-7-16/h1-9,22H,10-14H2. The van der Waals surface area contributed by atoms with Crippen LogP contribution in [0.5, 0.6) is 0 Å². The van der Waals surface area contributed by atoms with Gasteiger partial charge >= 0.3 is 0 Å². The van der Waals surface area contributed by atoms with Gasteiger partial charge in [0.05, 0.1) is 6.07 Å². The van der Waals surface area contributed by atoms with E-state index in [2.05, 4.69) is 56.5 Å². The molecular weight excluding hydrogens is 350 g/mol. The number of halogens is 1. The van der Waals surface area contributed by atoms with Crippen molar-refractivity contribution in [2.24, 2.45) is 0 Å². The number of rotatable bonds is 4. The number of nitrogens with zero attached hydrogens (tertiary/aromatic N) is 2. The van der Waals surface area contributed by atoms with Crippen LogP contribution in [0.1, 0.15) is 18.4 Å². The predicted molar refractivity (Wildman–Crippen MR) is 97.1 cm³/mol. The van der Waals surface area contributed by atoms with Crippen molar-refractivity contribution in [1.82, 2.24) is 4.90 Å². The Kier molecular flexibility index (Phi) is 5.00. The molecule has 0 atom stereocenters. The van der Waals surface area contributed by atoms with Crippen molar-refractivity contribution in [2.45, 2.75) is 24.9 Å². The number of hydrogen-bond acceptors (Lipinski definition) is 3. The third-order valence-corrected chi connectivity index (χ3v) is 5.11. The van der Waals surface area contributed by atoms with Gasteiger partial charge in [-0.05, 0) is 46.5 Å². The highest BCUT2D eigenvalue weighted by molar-refractivity contribution is 9.10. The van der Waals surface area contributed by atoms with E-state index in [0.717, 1.165) is 42.6 Å². The summed E-state index contributed by atoms with van der Waals surface area (Å²) in [4.78, 5) is 2.42. The first-order chi connectivity index (χ1) is 11.2. The minimum absolute atomic E-state index is 0.475. The van der Waals surface area contributed by atoms with Crippen molar-refractivity contribution < 1.29 is 0 Å². The van der Waals surface area contributed by atoms with E-state index in [0.29, 0.717) is 0 Å². The Labute approximate surface area is 146 Å². The van der Waals surface area contributed by atoms with E-state index >= 15 is 0 Å². The second kappa shape index (κ2) is 7.16. The molecule has 3 nitrogen and oxygen atoms in total. The molecule has 23 heavy (non-hydrogen) atoms. The quantitative estimate of drug-likeness (QED) is 0.866. The van der Waals surface area contributed by atoms with Gasteiger partial charge < -0.3 is 5.32 Å². The van der Waals surface area contributed by atoms with Crippen molar-refractivity contribution in [3.05, 3.63) is 64.6 Å². The molecule has 118 valence electrons. The van der Waals surface area contributed by atoms with Crippen LogP contribution in [0.4, 0.5) is 5.69 Å². The van der Waals surface area contributed by atoms with Gasteiger partial charge in [0.1, 0.15) is 5.54 Å². The Morgan fingerprint density at radius 1 is 1.04 bits per heavy atom. The maximum Gasteiger partial charge on any atom is 0.127 e. The van der Waals surface area contributed by atoms with E-state index in [1.54, 1.807) is 0 Å². The minimum atomic E-state index is -0.475. The van der Waals surface area contributed by atoms with Crippen LogP contribution >= 0.6 is 15.9 Å². The third-order valence-electron chi connectivity index (χ3n) is 4.42. The van der Waals surface area contributed by atoms with E-state index in [1.165, 1.54) is 5.56 Å². The zero-order valence-corrected chi connectivity index (χ0v) is 14.6. The van der Waals surface area contributed by atoms with Crippen LogP contribution in [-0.2, 0) is 6.54 Å². The smallest absolute Gasteiger partial charge is 0.127 e. The third kappa shape index (κ3) is 3.93. The fraction of sp³-hybridized carbons (Fsp3) is 0.316. The van der Waals surface area contributed by atoms with Crippen LogP contribution in [0.3, 0.4) is 0 Å². The Morgan fingerprint density at radius 3 is 2.35 bits per heavy atom. The lowest BCUT2D eigenvalue weighted by Gasteiger charge is -2.38. The van der Waals surface area contributed by atoms with Crippen LogP contribution in [-0.4, -0.2) is 23.5 Å². The molecule has 1 N–H and O–H groups in total. The van der Waals surface area contributed by atoms with E-state index in [-0.39, 0.29) is 0 Å². The Hall–Kier alpha value is -1.83. The normalized spacial score (nSPS) is 17.4. The van der Waals surface area contributed by atoms with Crippen molar-refractivity contribution in [2.75, 3.05) is 18.4 Å². The SMILES string of the molecule is N#CC1(Nc2ccccc2Br)CCN(Cc2ccccc2)CC1. The molecule has 2 aromatic rings. The van der Waals surface area contributed by atoms with E-state index in [4.69, 9.17) is 0 Å². The first-order valence-electron chi connectivity index (χ1n) is 7.91. The molecule has 0 unspecified atom stereocenters. The number of benzene rings is 2. The number of nitriles is 1. The van der Waals surface area contributed by atoms with Crippen molar-refractivity contribution >= 4 is 21.6 Å². The Bertz CT molecular complexity index is 685. The number of likely N-dealkylation sites (tertiary alicyclic amines) is 1. The van der Waals surface area contributed by atoms with Crippen LogP contribution < -0.4 is 5.32 Å². The van der Waals surface area contributed by atoms with Gasteiger partial charge in [0.25, 0.3) is 0 Å². The van der Waals surface area contributed by atoms with Crippen LogP contribution in [0.2, 0.25) is 0 Å². The summed E-state index contributed by atoms with van der Waals surface area (Å²) >= 11 is 3.55. The molecule has 1 fully saturated rings. The summed E-state index contributed by atoms with van der Waals surface area (Å²) in [6, 6.07) is 21.0. The van der Waals surface area contributed by atoms with Crippen LogP contribution in [0, 0.1) is 11.3 Å². The zero-order valence-electron chi connectivity index (χ0n) is 13.0. The molecular formula is C19H20BrN3. The summed E-state index contributed by atoms with van der Waals surface area (Å²) in [5, 5.41) is 13.2. The van der Waals surface area contributed by atoms with Gasteiger partial charge in [-0.3, -0.25) is 4.90 Å². The second-order valence-electron chi connectivity index (χ2n) is 6.06. The lowest BCUT2D eigenvalue weighted by atomic mass is 9.88. The molecule has 3 rings (SSSR count). The largest absolute Gasteiger partial charge is 0.366 e. The van der Waals surface area contributed by atoms with E-state index in [9.17, 15) is 5.26 Å². The highest BCUT2D eigenvalue weighted by atomic mass is 79.9. The van der Waals surface area contributed by atoms with Gasteiger partial charge in [0.2, 0.25) is 0 Å². The molecule has 2 aromatic carbocycles. The molecule has 0 aliphatic carbocycles. The summed E-state index contributed by atoms with van der Waals surface area (Å²) in [6.45, 7) is 2.82. The number of para-hydroxylation sites is 1. The fourth-order valence-electron chi connectivity index (χ4n) is 3.02. The molecule has 1 saturated heterocycles. The molecule has 1 heterocycles. The van der Waals surface area contributed by atoms with E-state index in [1.807, 2.05) is 30.3 Å². The Morgan fingerprint density at radius 2 is 1.70 bits per heavy atom. The van der Waals surface area contributed by atoms with Gasteiger partial charge in [-0.25, -0.2) is 0 Å². The molecule has 0 radical (unpaired) electrons. The maximum absolute atomic E-state index is 9.72. The average molecular weight is 370 g/mol. The monoisotopic (exact) mass is 369 g/mol. The number of piperidine rings is 1. The van der Waals surface area contributed by atoms with Crippen molar-refractivity contribution in [3.8, 4) is 6.07 Å². The van der Waals surface area contributed by atoms with Crippen LogP contribution in [0.25, 0.3) is 0 Å². The molecule has 0 aromatic heterocycles. The first kappa shape index (κ1) is 16.0. The molecule has 1 aliphatic heterocycles. The highest BCUT2D eigenvalue weighted by Crippen LogP contribution is 2.30. The van der Waals surface area contributed by atoms with Gasteiger partial charge in [0, 0.05) is 29.8 Å². The highest BCUT2D eigenvalue weighted by Gasteiger charge is 2.35. The summed E-state index contributed by atoms with van der Waals surface area (Å²) in [5.74, 6) is 0. The van der Waals surface area contributed by atoms with Gasteiger partial charge in [-0.1, -0.05) is 42.5 Å². The van der Waals surface area contributed by atoms with Gasteiger partial charge in [0.15, 0.2) is 0 Å². The molecule has 0 saturated carbocycles. The average Bonchev–Trinajstić information content (AvgIpc) is 2.60. The first-order valence-corrected chi connectivity index (χ1v) is 8.70. The Balaban J connectivity index is 1.64. The van der Waals surface area contributed by atoms with E-state index < -0.39 is 5.54 Å². The number of anilines is 1. The second-order valence-corrected chi connectivity index (χ2v) is 6.91. The lowest BCUT2D eigenvalue weighted by Crippen LogP contribution is -2.48. The minimum Gasteiger partial charge on any atom is -0.366 e. The van der Waals surface area contributed by atoms with Gasteiger partial charge in [-0.2, -0.15) is 5.26 Å². The number of hydrogen-bond donors (Lipinski definition) is 1. The molecule has 0 spiro atoms. The molecule has 1 aliphatic rings. The topological polar surface area (TPSA) is 39.1 Å². The summed E-state index contributed by atoms with van der Waals surface area (Å²) in [5.41, 5.74) is 1.85. The summed E-state index contributed by atoms with van der Waals surface area (Å²) < 4.78 is 1.00. The predicted octanol–water partition coefficient (Wildman–Crippen LogP) is 4.42. The molecule has 0 bridgehead atoms. The summed E-state index contributed by atoms with van der Waals surface area (Å²) in [7, 11) is 0. The molecule has 0 amide bonds. The van der Waals surface area contributed by atoms with Crippen molar-refractivity contribution in [1.29, 1.82) is 5.26 Å².